The highest BCUT2D eigenvalue weighted by Crippen LogP contribution is 2.25. The lowest BCUT2D eigenvalue weighted by Gasteiger charge is -2.30. The third-order valence-electron chi connectivity index (χ3n) is 4.71. The van der Waals surface area contributed by atoms with E-state index in [9.17, 15) is 13.2 Å². The Bertz CT molecular complexity index is 854. The van der Waals surface area contributed by atoms with Crippen LogP contribution in [0.5, 0.6) is 0 Å². The number of amides is 1. The summed E-state index contributed by atoms with van der Waals surface area (Å²) in [6.45, 7) is 4.55. The first-order chi connectivity index (χ1) is 11.9. The molecule has 1 aliphatic rings. The molecular formula is C17H22N4O3S. The molecule has 2 heterocycles. The van der Waals surface area contributed by atoms with Crippen molar-refractivity contribution in [1.29, 1.82) is 0 Å². The number of hydrogen-bond acceptors (Lipinski definition) is 4. The van der Waals surface area contributed by atoms with E-state index < -0.39 is 10.0 Å². The van der Waals surface area contributed by atoms with E-state index in [1.807, 2.05) is 19.9 Å². The molecule has 3 rings (SSSR count). The summed E-state index contributed by atoms with van der Waals surface area (Å²) in [5.41, 5.74) is 2.64. The summed E-state index contributed by atoms with van der Waals surface area (Å²) < 4.78 is 27.1. The molecule has 25 heavy (non-hydrogen) atoms. The molecule has 1 saturated heterocycles. The van der Waals surface area contributed by atoms with Gasteiger partial charge in [0.15, 0.2) is 0 Å². The minimum absolute atomic E-state index is 0.0929. The predicted octanol–water partition coefficient (Wildman–Crippen LogP) is 2.07. The number of hydrogen-bond donors (Lipinski definition) is 2. The van der Waals surface area contributed by atoms with E-state index in [4.69, 9.17) is 0 Å². The van der Waals surface area contributed by atoms with E-state index in [0.717, 1.165) is 11.1 Å². The molecule has 1 aliphatic heterocycles. The standard InChI is InChI=1S/C17H22N4O3S/c1-12-3-4-16(9-13(12)2)25(23,24)21-7-5-14(6-8-21)17(22)20-15-10-18-19-11-15/h3-4,9-11,14H,5-8H2,1-2H3,(H,18,19)(H,20,22). The largest absolute Gasteiger partial charge is 0.323 e. The van der Waals surface area contributed by atoms with Crippen molar-refractivity contribution in [2.24, 2.45) is 5.92 Å². The quantitative estimate of drug-likeness (QED) is 0.870. The van der Waals surface area contributed by atoms with Gasteiger partial charge in [-0.15, -0.1) is 0 Å². The number of carbonyl (C=O) groups excluding carboxylic acids is 1. The first-order valence-corrected chi connectivity index (χ1v) is 9.69. The van der Waals surface area contributed by atoms with Crippen LogP contribution < -0.4 is 5.32 Å². The predicted molar refractivity (Wildman–Crippen MR) is 94.6 cm³/mol. The van der Waals surface area contributed by atoms with Crippen molar-refractivity contribution in [3.05, 3.63) is 41.7 Å². The number of sulfonamides is 1. The average molecular weight is 362 g/mol. The molecule has 1 amide bonds. The van der Waals surface area contributed by atoms with Gasteiger partial charge in [-0.05, 0) is 49.9 Å². The first-order valence-electron chi connectivity index (χ1n) is 8.25. The molecule has 8 heteroatoms. The monoisotopic (exact) mass is 362 g/mol. The number of nitrogens with one attached hydrogen (secondary N) is 2. The molecule has 0 spiro atoms. The highest BCUT2D eigenvalue weighted by atomic mass is 32.2. The molecule has 2 N–H and O–H groups in total. The summed E-state index contributed by atoms with van der Waals surface area (Å²) in [7, 11) is -3.51. The molecule has 2 aromatic rings. The van der Waals surface area contributed by atoms with Crippen LogP contribution in [0.25, 0.3) is 0 Å². The van der Waals surface area contributed by atoms with Crippen LogP contribution in [0, 0.1) is 19.8 Å². The fourth-order valence-electron chi connectivity index (χ4n) is 2.95. The minimum atomic E-state index is -3.51. The third-order valence-corrected chi connectivity index (χ3v) is 6.60. The number of aromatic amines is 1. The Morgan fingerprint density at radius 3 is 2.56 bits per heavy atom. The van der Waals surface area contributed by atoms with Gasteiger partial charge in [0.1, 0.15) is 0 Å². The second-order valence-electron chi connectivity index (χ2n) is 6.40. The zero-order valence-electron chi connectivity index (χ0n) is 14.3. The van der Waals surface area contributed by atoms with Gasteiger partial charge in [0.05, 0.1) is 16.8 Å². The Hall–Kier alpha value is -2.19. The van der Waals surface area contributed by atoms with Gasteiger partial charge in [-0.3, -0.25) is 9.89 Å². The van der Waals surface area contributed by atoms with Crippen molar-refractivity contribution in [3.63, 3.8) is 0 Å². The van der Waals surface area contributed by atoms with E-state index in [1.165, 1.54) is 10.5 Å². The van der Waals surface area contributed by atoms with Crippen LogP contribution in [0.1, 0.15) is 24.0 Å². The SMILES string of the molecule is Cc1ccc(S(=O)(=O)N2CCC(C(=O)Nc3cn[nH]c3)CC2)cc1C. The molecule has 1 aromatic heterocycles. The molecule has 0 bridgehead atoms. The molecule has 134 valence electrons. The molecule has 0 unspecified atom stereocenters. The van der Waals surface area contributed by atoms with Crippen molar-refractivity contribution < 1.29 is 13.2 Å². The van der Waals surface area contributed by atoms with E-state index in [2.05, 4.69) is 15.5 Å². The van der Waals surface area contributed by atoms with Crippen LogP contribution in [0.3, 0.4) is 0 Å². The molecule has 1 fully saturated rings. The Balaban J connectivity index is 1.64. The fraction of sp³-hybridized carbons (Fsp3) is 0.412. The van der Waals surface area contributed by atoms with Crippen LogP contribution in [0.2, 0.25) is 0 Å². The minimum Gasteiger partial charge on any atom is -0.323 e. The Morgan fingerprint density at radius 1 is 1.24 bits per heavy atom. The molecule has 0 radical (unpaired) electrons. The van der Waals surface area contributed by atoms with E-state index >= 15 is 0 Å². The number of carbonyl (C=O) groups is 1. The number of aromatic nitrogens is 2. The maximum atomic E-state index is 12.8. The van der Waals surface area contributed by atoms with Gasteiger partial charge >= 0.3 is 0 Å². The summed E-state index contributed by atoms with van der Waals surface area (Å²) in [4.78, 5) is 12.6. The summed E-state index contributed by atoms with van der Waals surface area (Å²) in [6.07, 6.45) is 4.16. The summed E-state index contributed by atoms with van der Waals surface area (Å²) >= 11 is 0. The number of nitrogens with zero attached hydrogens (tertiary/aromatic N) is 2. The van der Waals surface area contributed by atoms with Crippen LogP contribution >= 0.6 is 0 Å². The number of piperidine rings is 1. The summed E-state index contributed by atoms with van der Waals surface area (Å²) in [5, 5.41) is 9.21. The van der Waals surface area contributed by atoms with Crippen molar-refractivity contribution in [2.75, 3.05) is 18.4 Å². The third kappa shape index (κ3) is 3.74. The van der Waals surface area contributed by atoms with Crippen LogP contribution in [-0.2, 0) is 14.8 Å². The van der Waals surface area contributed by atoms with Crippen molar-refractivity contribution in [1.82, 2.24) is 14.5 Å². The lowest BCUT2D eigenvalue weighted by atomic mass is 9.97. The molecule has 0 aliphatic carbocycles. The first kappa shape index (κ1) is 17.6. The highest BCUT2D eigenvalue weighted by molar-refractivity contribution is 7.89. The van der Waals surface area contributed by atoms with Crippen molar-refractivity contribution in [2.45, 2.75) is 31.6 Å². The van der Waals surface area contributed by atoms with Crippen molar-refractivity contribution >= 4 is 21.6 Å². The van der Waals surface area contributed by atoms with Gasteiger partial charge in [0, 0.05) is 25.2 Å². The number of rotatable bonds is 4. The smallest absolute Gasteiger partial charge is 0.243 e. The van der Waals surface area contributed by atoms with E-state index in [1.54, 1.807) is 18.3 Å². The molecule has 0 saturated carbocycles. The molecule has 0 atom stereocenters. The Labute approximate surface area is 147 Å². The summed E-state index contributed by atoms with van der Waals surface area (Å²) in [5.74, 6) is -0.286. The molecular weight excluding hydrogens is 340 g/mol. The van der Waals surface area contributed by atoms with Gasteiger partial charge in [-0.2, -0.15) is 9.40 Å². The van der Waals surface area contributed by atoms with Crippen LogP contribution in [0.4, 0.5) is 5.69 Å². The second kappa shape index (κ2) is 6.97. The maximum Gasteiger partial charge on any atom is 0.243 e. The van der Waals surface area contributed by atoms with Gasteiger partial charge in [-0.25, -0.2) is 8.42 Å². The van der Waals surface area contributed by atoms with Gasteiger partial charge in [0.25, 0.3) is 0 Å². The van der Waals surface area contributed by atoms with Gasteiger partial charge < -0.3 is 5.32 Å². The average Bonchev–Trinajstić information content (AvgIpc) is 3.10. The van der Waals surface area contributed by atoms with Crippen molar-refractivity contribution in [3.8, 4) is 0 Å². The Kier molecular flexibility index (Phi) is 4.91. The van der Waals surface area contributed by atoms with E-state index in [-0.39, 0.29) is 11.8 Å². The Morgan fingerprint density at radius 2 is 1.96 bits per heavy atom. The van der Waals surface area contributed by atoms with Crippen LogP contribution in [0.15, 0.2) is 35.5 Å². The number of anilines is 1. The fourth-order valence-corrected chi connectivity index (χ4v) is 4.50. The number of H-pyrrole nitrogens is 1. The topological polar surface area (TPSA) is 95.2 Å². The van der Waals surface area contributed by atoms with Crippen LogP contribution in [-0.4, -0.2) is 41.9 Å². The normalized spacial score (nSPS) is 16.7. The lowest BCUT2D eigenvalue weighted by molar-refractivity contribution is -0.120. The molecule has 1 aromatic carbocycles. The van der Waals surface area contributed by atoms with Gasteiger partial charge in [0.2, 0.25) is 15.9 Å². The summed E-state index contributed by atoms with van der Waals surface area (Å²) in [6, 6.07) is 5.19. The highest BCUT2D eigenvalue weighted by Gasteiger charge is 2.32. The van der Waals surface area contributed by atoms with E-state index in [0.29, 0.717) is 36.5 Å². The zero-order chi connectivity index (χ0) is 18.0. The molecule has 7 nitrogen and oxygen atoms in total. The lowest BCUT2D eigenvalue weighted by Crippen LogP contribution is -2.41. The zero-order valence-corrected chi connectivity index (χ0v) is 15.1. The number of benzene rings is 1. The maximum absolute atomic E-state index is 12.8. The van der Waals surface area contributed by atoms with Gasteiger partial charge in [-0.1, -0.05) is 6.07 Å². The second-order valence-corrected chi connectivity index (χ2v) is 8.34. The number of aryl methyl sites for hydroxylation is 2.